The normalized spacial score (nSPS) is 12.9. The molecular weight excluding hydrogens is 287 g/mol. The average molecular weight is 304 g/mol. The Kier molecular flexibility index (Phi) is 4.01. The zero-order valence-electron chi connectivity index (χ0n) is 11.7. The molecule has 2 heterocycles. The maximum Gasteiger partial charge on any atom is 0.124 e. The second-order valence-electron chi connectivity index (χ2n) is 5.11. The highest BCUT2D eigenvalue weighted by Gasteiger charge is 2.14. The molecule has 1 unspecified atom stereocenters. The van der Waals surface area contributed by atoms with Gasteiger partial charge in [-0.15, -0.1) is 11.3 Å². The highest BCUT2D eigenvalue weighted by Crippen LogP contribution is 2.32. The van der Waals surface area contributed by atoms with Gasteiger partial charge < -0.3 is 0 Å². The molecule has 0 radical (unpaired) electrons. The van der Waals surface area contributed by atoms with Crippen LogP contribution in [0.3, 0.4) is 0 Å². The number of hydrogen-bond acceptors (Lipinski definition) is 4. The second kappa shape index (κ2) is 5.93. The third-order valence-electron chi connectivity index (χ3n) is 3.53. The van der Waals surface area contributed by atoms with E-state index in [4.69, 9.17) is 5.84 Å². The molecule has 4 nitrogen and oxygen atoms in total. The number of hydrazine groups is 1. The molecule has 0 amide bonds. The van der Waals surface area contributed by atoms with E-state index in [0.717, 1.165) is 27.8 Å². The van der Waals surface area contributed by atoms with Crippen molar-refractivity contribution in [2.24, 2.45) is 12.9 Å². The maximum atomic E-state index is 13.3. The molecule has 110 valence electrons. The molecule has 0 bridgehead atoms. The molecule has 0 aliphatic rings. The van der Waals surface area contributed by atoms with Crippen molar-refractivity contribution in [2.45, 2.75) is 18.9 Å². The third-order valence-corrected chi connectivity index (χ3v) is 4.74. The molecule has 3 N–H and O–H groups in total. The summed E-state index contributed by atoms with van der Waals surface area (Å²) in [5.74, 6) is 5.48. The van der Waals surface area contributed by atoms with Crippen LogP contribution in [-0.4, -0.2) is 9.78 Å². The number of nitrogens with zero attached hydrogens (tertiary/aromatic N) is 2. The van der Waals surface area contributed by atoms with Crippen molar-refractivity contribution in [1.82, 2.24) is 15.2 Å². The summed E-state index contributed by atoms with van der Waals surface area (Å²) in [6, 6.07) is 7.00. The number of benzene rings is 1. The SMILES string of the molecule is Cn1cc(CCC(NN)c2cc3ccc(F)cc3s2)cn1. The number of hydrogen-bond donors (Lipinski definition) is 2. The lowest BCUT2D eigenvalue weighted by Crippen LogP contribution is -2.27. The highest BCUT2D eigenvalue weighted by molar-refractivity contribution is 7.19. The molecule has 1 aromatic carbocycles. The van der Waals surface area contributed by atoms with Gasteiger partial charge in [0.2, 0.25) is 0 Å². The van der Waals surface area contributed by atoms with E-state index in [2.05, 4.69) is 16.6 Å². The predicted molar refractivity (Wildman–Crippen MR) is 83.4 cm³/mol. The van der Waals surface area contributed by atoms with Gasteiger partial charge in [-0.1, -0.05) is 6.07 Å². The Hall–Kier alpha value is -1.76. The maximum absolute atomic E-state index is 13.3. The van der Waals surface area contributed by atoms with Crippen LogP contribution >= 0.6 is 11.3 Å². The van der Waals surface area contributed by atoms with Crippen molar-refractivity contribution in [3.05, 3.63) is 52.9 Å². The minimum atomic E-state index is -0.205. The smallest absolute Gasteiger partial charge is 0.124 e. The van der Waals surface area contributed by atoms with Crippen LogP contribution in [0.5, 0.6) is 0 Å². The van der Waals surface area contributed by atoms with Crippen molar-refractivity contribution >= 4 is 21.4 Å². The van der Waals surface area contributed by atoms with E-state index in [1.54, 1.807) is 28.2 Å². The van der Waals surface area contributed by atoms with Gasteiger partial charge in [-0.3, -0.25) is 16.0 Å². The van der Waals surface area contributed by atoms with Crippen molar-refractivity contribution < 1.29 is 4.39 Å². The fraction of sp³-hybridized carbons (Fsp3) is 0.267. The largest absolute Gasteiger partial charge is 0.276 e. The molecule has 3 aromatic rings. The summed E-state index contributed by atoms with van der Waals surface area (Å²) in [6.45, 7) is 0. The summed E-state index contributed by atoms with van der Waals surface area (Å²) in [7, 11) is 1.91. The van der Waals surface area contributed by atoms with Gasteiger partial charge >= 0.3 is 0 Å². The minimum Gasteiger partial charge on any atom is -0.276 e. The monoisotopic (exact) mass is 304 g/mol. The minimum absolute atomic E-state index is 0.0608. The van der Waals surface area contributed by atoms with Gasteiger partial charge in [-0.2, -0.15) is 5.10 Å². The molecule has 1 atom stereocenters. The van der Waals surface area contributed by atoms with Gasteiger partial charge in [0, 0.05) is 22.8 Å². The van der Waals surface area contributed by atoms with Crippen LogP contribution in [0.4, 0.5) is 4.39 Å². The van der Waals surface area contributed by atoms with E-state index in [0.29, 0.717) is 0 Å². The highest BCUT2D eigenvalue weighted by atomic mass is 32.1. The van der Waals surface area contributed by atoms with Gasteiger partial charge in [0.15, 0.2) is 0 Å². The molecule has 0 aliphatic heterocycles. The van der Waals surface area contributed by atoms with Crippen molar-refractivity contribution in [3.63, 3.8) is 0 Å². The quantitative estimate of drug-likeness (QED) is 0.563. The molecular formula is C15H17FN4S. The van der Waals surface area contributed by atoms with Gasteiger partial charge in [0.25, 0.3) is 0 Å². The molecule has 2 aromatic heterocycles. The zero-order chi connectivity index (χ0) is 14.8. The summed E-state index contributed by atoms with van der Waals surface area (Å²) in [5.41, 5.74) is 4.05. The Morgan fingerprint density at radius 3 is 3.00 bits per heavy atom. The standard InChI is InChI=1S/C15H17FN4S/c1-20-9-10(8-18-20)2-5-13(19-17)15-6-11-3-4-12(16)7-14(11)21-15/h3-4,6-9,13,19H,2,5,17H2,1H3. The van der Waals surface area contributed by atoms with Crippen molar-refractivity contribution in [1.29, 1.82) is 0 Å². The number of fused-ring (bicyclic) bond motifs is 1. The summed E-state index contributed by atoms with van der Waals surface area (Å²) < 4.78 is 16.0. The molecule has 0 saturated carbocycles. The zero-order valence-corrected chi connectivity index (χ0v) is 12.5. The van der Waals surface area contributed by atoms with Crippen LogP contribution < -0.4 is 11.3 Å². The number of aromatic nitrogens is 2. The van der Waals surface area contributed by atoms with E-state index >= 15 is 0 Å². The van der Waals surface area contributed by atoms with E-state index in [1.807, 2.05) is 19.4 Å². The van der Waals surface area contributed by atoms with E-state index in [9.17, 15) is 4.39 Å². The van der Waals surface area contributed by atoms with E-state index in [1.165, 1.54) is 11.6 Å². The first-order chi connectivity index (χ1) is 10.2. The van der Waals surface area contributed by atoms with Crippen molar-refractivity contribution in [3.8, 4) is 0 Å². The second-order valence-corrected chi connectivity index (χ2v) is 6.23. The van der Waals surface area contributed by atoms with Crippen LogP contribution in [0, 0.1) is 5.82 Å². The summed E-state index contributed by atoms with van der Waals surface area (Å²) in [6.07, 6.45) is 5.64. The van der Waals surface area contributed by atoms with Crippen LogP contribution in [0.25, 0.3) is 10.1 Å². The summed E-state index contributed by atoms with van der Waals surface area (Å²) in [4.78, 5) is 1.13. The lowest BCUT2D eigenvalue weighted by molar-refractivity contribution is 0.524. The molecule has 0 aliphatic carbocycles. The molecule has 21 heavy (non-hydrogen) atoms. The lowest BCUT2D eigenvalue weighted by Gasteiger charge is -2.13. The molecule has 3 rings (SSSR count). The Morgan fingerprint density at radius 2 is 2.29 bits per heavy atom. The number of rotatable bonds is 5. The summed E-state index contributed by atoms with van der Waals surface area (Å²) >= 11 is 1.58. The van der Waals surface area contributed by atoms with Crippen LogP contribution in [-0.2, 0) is 13.5 Å². The topological polar surface area (TPSA) is 55.9 Å². The average Bonchev–Trinajstić information content (AvgIpc) is 3.05. The van der Waals surface area contributed by atoms with Gasteiger partial charge in [-0.05, 0) is 42.0 Å². The lowest BCUT2D eigenvalue weighted by atomic mass is 10.1. The molecule has 0 spiro atoms. The molecule has 0 fully saturated rings. The summed E-state index contributed by atoms with van der Waals surface area (Å²) in [5, 5.41) is 5.22. The number of nitrogens with one attached hydrogen (secondary N) is 1. The number of halogens is 1. The van der Waals surface area contributed by atoms with Crippen LogP contribution in [0.15, 0.2) is 36.7 Å². The Labute approximate surface area is 126 Å². The van der Waals surface area contributed by atoms with Crippen molar-refractivity contribution in [2.75, 3.05) is 0 Å². The predicted octanol–water partition coefficient (Wildman–Crippen LogP) is 2.91. The first-order valence-electron chi connectivity index (χ1n) is 6.78. The fourth-order valence-corrected chi connectivity index (χ4v) is 3.60. The van der Waals surface area contributed by atoms with Crippen LogP contribution in [0.1, 0.15) is 22.9 Å². The molecule has 6 heteroatoms. The Morgan fingerprint density at radius 1 is 1.43 bits per heavy atom. The van der Waals surface area contributed by atoms with Gasteiger partial charge in [0.1, 0.15) is 5.82 Å². The number of nitrogens with two attached hydrogens (primary N) is 1. The van der Waals surface area contributed by atoms with Gasteiger partial charge in [0.05, 0.1) is 12.2 Å². The first kappa shape index (κ1) is 14.2. The Bertz CT molecular complexity index is 749. The van der Waals surface area contributed by atoms with Gasteiger partial charge in [-0.25, -0.2) is 4.39 Å². The number of thiophene rings is 1. The Balaban J connectivity index is 1.77. The molecule has 0 saturated heterocycles. The van der Waals surface area contributed by atoms with E-state index in [-0.39, 0.29) is 11.9 Å². The number of aryl methyl sites for hydroxylation is 2. The third kappa shape index (κ3) is 3.12. The fourth-order valence-electron chi connectivity index (χ4n) is 2.42. The van der Waals surface area contributed by atoms with Crippen LogP contribution in [0.2, 0.25) is 0 Å². The first-order valence-corrected chi connectivity index (χ1v) is 7.60. The van der Waals surface area contributed by atoms with E-state index < -0.39 is 0 Å².